The number of hydrogen-bond donors (Lipinski definition) is 1. The van der Waals surface area contributed by atoms with Gasteiger partial charge >= 0.3 is 0 Å². The van der Waals surface area contributed by atoms with Crippen molar-refractivity contribution < 1.29 is 4.42 Å². The lowest BCUT2D eigenvalue weighted by Gasteiger charge is -1.98. The molecule has 0 spiro atoms. The number of nitrogen functional groups attached to an aromatic ring is 1. The van der Waals surface area contributed by atoms with E-state index in [0.29, 0.717) is 16.7 Å². The topological polar surface area (TPSA) is 52.0 Å². The summed E-state index contributed by atoms with van der Waals surface area (Å²) in [6, 6.07) is 14.8. The van der Waals surface area contributed by atoms with Crippen molar-refractivity contribution in [1.82, 2.24) is 4.98 Å². The fourth-order valence-corrected chi connectivity index (χ4v) is 1.91. The van der Waals surface area contributed by atoms with Crippen LogP contribution in [0.4, 0.5) is 5.69 Å². The third-order valence-corrected chi connectivity index (χ3v) is 3.04. The number of rotatable bonds is 2. The lowest BCUT2D eigenvalue weighted by molar-refractivity contribution is 0.589. The molecule has 0 aliphatic carbocycles. The average molecular weight is 271 g/mol. The first-order valence-corrected chi connectivity index (χ1v) is 6.18. The van der Waals surface area contributed by atoms with Gasteiger partial charge in [0, 0.05) is 21.8 Å². The molecule has 1 aromatic heterocycles. The molecule has 4 heteroatoms. The minimum absolute atomic E-state index is 0.573. The minimum Gasteiger partial charge on any atom is -0.436 e. The molecule has 0 saturated carbocycles. The first-order chi connectivity index (χ1) is 9.22. The zero-order valence-corrected chi connectivity index (χ0v) is 10.8. The molecule has 2 N–H and O–H groups in total. The number of hydrogen-bond acceptors (Lipinski definition) is 3. The fraction of sp³-hybridized carbons (Fsp3) is 0. The first-order valence-electron chi connectivity index (χ1n) is 5.80. The van der Waals surface area contributed by atoms with Gasteiger partial charge in [0.2, 0.25) is 5.89 Å². The average Bonchev–Trinajstić information content (AvgIpc) is 2.90. The van der Waals surface area contributed by atoms with Gasteiger partial charge in [-0.2, -0.15) is 0 Å². The van der Waals surface area contributed by atoms with E-state index in [2.05, 4.69) is 4.98 Å². The smallest absolute Gasteiger partial charge is 0.226 e. The number of oxazole rings is 1. The SMILES string of the molecule is Nc1ccc(-c2cnc(-c3ccc(Cl)cc3)o2)cc1. The number of halogens is 1. The maximum absolute atomic E-state index is 5.85. The summed E-state index contributed by atoms with van der Waals surface area (Å²) in [6.45, 7) is 0. The molecule has 0 saturated heterocycles. The number of nitrogens with zero attached hydrogens (tertiary/aromatic N) is 1. The van der Waals surface area contributed by atoms with E-state index in [0.717, 1.165) is 16.8 Å². The summed E-state index contributed by atoms with van der Waals surface area (Å²) in [5.41, 5.74) is 8.22. The molecule has 3 rings (SSSR count). The zero-order valence-electron chi connectivity index (χ0n) is 10.0. The summed E-state index contributed by atoms with van der Waals surface area (Å²) in [5, 5.41) is 0.689. The molecular weight excluding hydrogens is 260 g/mol. The summed E-state index contributed by atoms with van der Waals surface area (Å²) in [4.78, 5) is 4.27. The van der Waals surface area contributed by atoms with Crippen molar-refractivity contribution in [2.45, 2.75) is 0 Å². The fourth-order valence-electron chi connectivity index (χ4n) is 1.78. The molecule has 3 nitrogen and oxygen atoms in total. The van der Waals surface area contributed by atoms with Crippen LogP contribution in [0.3, 0.4) is 0 Å². The first kappa shape index (κ1) is 11.8. The van der Waals surface area contributed by atoms with Crippen LogP contribution < -0.4 is 5.73 Å². The van der Waals surface area contributed by atoms with Gasteiger partial charge in [0.05, 0.1) is 6.20 Å². The van der Waals surface area contributed by atoms with Gasteiger partial charge in [0.25, 0.3) is 0 Å². The predicted molar refractivity (Wildman–Crippen MR) is 76.8 cm³/mol. The highest BCUT2D eigenvalue weighted by molar-refractivity contribution is 6.30. The second kappa shape index (κ2) is 4.78. The second-order valence-electron chi connectivity index (χ2n) is 4.16. The Morgan fingerprint density at radius 2 is 1.53 bits per heavy atom. The molecule has 3 aromatic rings. The maximum Gasteiger partial charge on any atom is 0.226 e. The zero-order chi connectivity index (χ0) is 13.2. The van der Waals surface area contributed by atoms with Gasteiger partial charge in [-0.25, -0.2) is 4.98 Å². The molecule has 0 radical (unpaired) electrons. The lowest BCUT2D eigenvalue weighted by Crippen LogP contribution is -1.82. The van der Waals surface area contributed by atoms with E-state index in [1.54, 1.807) is 6.20 Å². The van der Waals surface area contributed by atoms with Crippen molar-refractivity contribution in [2.75, 3.05) is 5.73 Å². The van der Waals surface area contributed by atoms with E-state index in [1.165, 1.54) is 0 Å². The highest BCUT2D eigenvalue weighted by atomic mass is 35.5. The quantitative estimate of drug-likeness (QED) is 0.709. The third-order valence-electron chi connectivity index (χ3n) is 2.79. The van der Waals surface area contributed by atoms with E-state index in [9.17, 15) is 0 Å². The highest BCUT2D eigenvalue weighted by Gasteiger charge is 2.08. The Bertz CT molecular complexity index is 627. The van der Waals surface area contributed by atoms with Gasteiger partial charge in [0.15, 0.2) is 5.76 Å². The molecule has 0 fully saturated rings. The largest absolute Gasteiger partial charge is 0.436 e. The van der Waals surface area contributed by atoms with E-state index in [4.69, 9.17) is 21.8 Å². The van der Waals surface area contributed by atoms with Crippen LogP contribution in [0.25, 0.3) is 22.8 Å². The van der Waals surface area contributed by atoms with Gasteiger partial charge in [-0.1, -0.05) is 11.6 Å². The van der Waals surface area contributed by atoms with E-state index >= 15 is 0 Å². The Hall–Kier alpha value is -2.26. The minimum atomic E-state index is 0.573. The van der Waals surface area contributed by atoms with E-state index < -0.39 is 0 Å². The summed E-state index contributed by atoms with van der Waals surface area (Å²) in [5.74, 6) is 1.29. The van der Waals surface area contributed by atoms with Gasteiger partial charge in [-0.05, 0) is 48.5 Å². The molecule has 0 atom stereocenters. The highest BCUT2D eigenvalue weighted by Crippen LogP contribution is 2.27. The number of benzene rings is 2. The van der Waals surface area contributed by atoms with Crippen LogP contribution >= 0.6 is 11.6 Å². The molecule has 0 amide bonds. The summed E-state index contributed by atoms with van der Waals surface area (Å²) < 4.78 is 5.74. The third kappa shape index (κ3) is 2.46. The Kier molecular flexibility index (Phi) is 2.97. The van der Waals surface area contributed by atoms with Crippen LogP contribution in [-0.2, 0) is 0 Å². The van der Waals surface area contributed by atoms with Crippen LogP contribution in [0.5, 0.6) is 0 Å². The molecule has 2 aromatic carbocycles. The summed E-state index contributed by atoms with van der Waals surface area (Å²) in [7, 11) is 0. The number of nitrogens with two attached hydrogens (primary N) is 1. The summed E-state index contributed by atoms with van der Waals surface area (Å²) >= 11 is 5.85. The molecular formula is C15H11ClN2O. The Balaban J connectivity index is 1.95. The Morgan fingerprint density at radius 3 is 2.21 bits per heavy atom. The van der Waals surface area contributed by atoms with Crippen molar-refractivity contribution >= 4 is 17.3 Å². The van der Waals surface area contributed by atoms with Crippen molar-refractivity contribution in [1.29, 1.82) is 0 Å². The van der Waals surface area contributed by atoms with Crippen LogP contribution in [0.2, 0.25) is 5.02 Å². The van der Waals surface area contributed by atoms with Crippen LogP contribution in [0, 0.1) is 0 Å². The van der Waals surface area contributed by atoms with E-state index in [-0.39, 0.29) is 0 Å². The Labute approximate surface area is 115 Å². The molecule has 0 unspecified atom stereocenters. The van der Waals surface area contributed by atoms with Crippen molar-refractivity contribution in [3.8, 4) is 22.8 Å². The van der Waals surface area contributed by atoms with Gasteiger partial charge < -0.3 is 10.2 Å². The van der Waals surface area contributed by atoms with Crippen molar-refractivity contribution in [2.24, 2.45) is 0 Å². The van der Waals surface area contributed by atoms with Crippen molar-refractivity contribution in [3.05, 3.63) is 59.8 Å². The van der Waals surface area contributed by atoms with Crippen molar-refractivity contribution in [3.63, 3.8) is 0 Å². The molecule has 1 heterocycles. The second-order valence-corrected chi connectivity index (χ2v) is 4.60. The van der Waals surface area contributed by atoms with Crippen LogP contribution in [0.1, 0.15) is 0 Å². The molecule has 0 aliphatic heterocycles. The molecule has 0 bridgehead atoms. The molecule has 94 valence electrons. The van der Waals surface area contributed by atoms with Crippen LogP contribution in [0.15, 0.2) is 59.1 Å². The van der Waals surface area contributed by atoms with Gasteiger partial charge in [0.1, 0.15) is 0 Å². The van der Waals surface area contributed by atoms with Gasteiger partial charge in [-0.3, -0.25) is 0 Å². The van der Waals surface area contributed by atoms with E-state index in [1.807, 2.05) is 48.5 Å². The molecule has 19 heavy (non-hydrogen) atoms. The maximum atomic E-state index is 5.85. The van der Waals surface area contributed by atoms with Crippen LogP contribution in [-0.4, -0.2) is 4.98 Å². The van der Waals surface area contributed by atoms with Gasteiger partial charge in [-0.15, -0.1) is 0 Å². The predicted octanol–water partition coefficient (Wildman–Crippen LogP) is 4.24. The molecule has 0 aliphatic rings. The lowest BCUT2D eigenvalue weighted by atomic mass is 10.2. The summed E-state index contributed by atoms with van der Waals surface area (Å²) in [6.07, 6.45) is 1.70. The number of anilines is 1. The Morgan fingerprint density at radius 1 is 0.895 bits per heavy atom. The standard InChI is InChI=1S/C15H11ClN2O/c16-12-5-1-11(2-6-12)15-18-9-14(19-15)10-3-7-13(17)8-4-10/h1-9H,17H2. The number of aromatic nitrogens is 1. The monoisotopic (exact) mass is 270 g/mol. The normalized spacial score (nSPS) is 10.6.